The quantitative estimate of drug-likeness (QED) is 0.447. The molecule has 0 saturated carbocycles. The molecule has 1 atom stereocenters. The Morgan fingerprint density at radius 3 is 2.59 bits per heavy atom. The van der Waals surface area contributed by atoms with E-state index >= 15 is 0 Å². The van der Waals surface area contributed by atoms with Gasteiger partial charge >= 0.3 is 11.2 Å². The highest BCUT2D eigenvalue weighted by Gasteiger charge is 2.23. The summed E-state index contributed by atoms with van der Waals surface area (Å²) in [7, 11) is 0. The van der Waals surface area contributed by atoms with E-state index in [9.17, 15) is 20.2 Å². The summed E-state index contributed by atoms with van der Waals surface area (Å²) in [5.74, 6) is -0.834. The molecule has 3 aromatic rings. The minimum absolute atomic E-state index is 0.208. The predicted molar refractivity (Wildman–Crippen MR) is 110 cm³/mol. The van der Waals surface area contributed by atoms with Gasteiger partial charge in [0.15, 0.2) is 0 Å². The van der Waals surface area contributed by atoms with Gasteiger partial charge in [0.1, 0.15) is 0 Å². The van der Waals surface area contributed by atoms with Crippen LogP contribution in [0.2, 0.25) is 10.0 Å². The van der Waals surface area contributed by atoms with Crippen LogP contribution >= 0.6 is 23.2 Å². The number of H-pyrrole nitrogens is 1. The highest BCUT2D eigenvalue weighted by atomic mass is 35.5. The van der Waals surface area contributed by atoms with Crippen molar-refractivity contribution in [3.8, 4) is 6.07 Å². The summed E-state index contributed by atoms with van der Waals surface area (Å²) in [6.07, 6.45) is 1.06. The smallest absolute Gasteiger partial charge is 0.334 e. The van der Waals surface area contributed by atoms with Gasteiger partial charge in [-0.2, -0.15) is 5.26 Å². The molecule has 29 heavy (non-hydrogen) atoms. The summed E-state index contributed by atoms with van der Waals surface area (Å²) in [5, 5.41) is 24.5. The van der Waals surface area contributed by atoms with Gasteiger partial charge in [0.25, 0.3) is 0 Å². The van der Waals surface area contributed by atoms with Crippen LogP contribution in [0, 0.1) is 28.4 Å². The molecule has 3 rings (SSSR count). The van der Waals surface area contributed by atoms with E-state index < -0.39 is 22.1 Å². The molecule has 2 aromatic carbocycles. The zero-order chi connectivity index (χ0) is 21.1. The number of hydrogen-bond acceptors (Lipinski definition) is 6. The second-order valence-electron chi connectivity index (χ2n) is 6.11. The molecule has 0 aliphatic rings. The number of nitro groups is 1. The van der Waals surface area contributed by atoms with Crippen LogP contribution in [-0.4, -0.2) is 14.9 Å². The zero-order valence-electron chi connectivity index (χ0n) is 14.9. The predicted octanol–water partition coefficient (Wildman–Crippen LogP) is 4.69. The second-order valence-corrected chi connectivity index (χ2v) is 6.96. The molecule has 0 spiro atoms. The number of aromatic amines is 1. The third kappa shape index (κ3) is 4.21. The molecule has 0 aliphatic heterocycles. The van der Waals surface area contributed by atoms with Crippen LogP contribution in [0.4, 0.5) is 17.2 Å². The van der Waals surface area contributed by atoms with E-state index in [1.54, 1.807) is 43.3 Å². The fraction of sp³-hybridized carbons (Fsp3) is 0.105. The van der Waals surface area contributed by atoms with E-state index in [-0.39, 0.29) is 10.8 Å². The van der Waals surface area contributed by atoms with Gasteiger partial charge in [-0.1, -0.05) is 41.4 Å². The summed E-state index contributed by atoms with van der Waals surface area (Å²) < 4.78 is 0. The molecule has 1 unspecified atom stereocenters. The molecule has 1 heterocycles. The van der Waals surface area contributed by atoms with Crippen LogP contribution in [0.5, 0.6) is 0 Å². The van der Waals surface area contributed by atoms with Crippen LogP contribution in [0.1, 0.15) is 22.6 Å². The lowest BCUT2D eigenvalue weighted by atomic mass is 9.91. The summed E-state index contributed by atoms with van der Waals surface area (Å²) in [6, 6.07) is 12.4. The van der Waals surface area contributed by atoms with E-state index in [2.05, 4.69) is 21.4 Å². The topological polar surface area (TPSA) is 125 Å². The SMILES string of the molecule is Cc1cc(C(C#N)c2ccc(Cl)cc2)c(Cl)cc1Nc1nc[nH]c(=O)c1[N+](=O)[O-]. The fourth-order valence-corrected chi connectivity index (χ4v) is 3.22. The largest absolute Gasteiger partial charge is 0.376 e. The normalized spacial score (nSPS) is 11.5. The molecule has 8 nitrogen and oxygen atoms in total. The average molecular weight is 430 g/mol. The first-order valence-corrected chi connectivity index (χ1v) is 9.01. The molecule has 0 saturated heterocycles. The Morgan fingerprint density at radius 2 is 1.97 bits per heavy atom. The third-order valence-corrected chi connectivity index (χ3v) is 4.83. The van der Waals surface area contributed by atoms with Crippen molar-refractivity contribution < 1.29 is 4.92 Å². The molecular formula is C19H13Cl2N5O3. The maximum atomic E-state index is 11.7. The van der Waals surface area contributed by atoms with Crippen LogP contribution in [0.3, 0.4) is 0 Å². The zero-order valence-corrected chi connectivity index (χ0v) is 16.5. The molecule has 146 valence electrons. The third-order valence-electron chi connectivity index (χ3n) is 4.25. The number of nitriles is 1. The minimum atomic E-state index is -0.875. The highest BCUT2D eigenvalue weighted by Crippen LogP contribution is 2.35. The van der Waals surface area contributed by atoms with Crippen LogP contribution in [0.25, 0.3) is 0 Å². The van der Waals surface area contributed by atoms with Crippen LogP contribution in [0.15, 0.2) is 47.5 Å². The molecule has 2 N–H and O–H groups in total. The number of rotatable bonds is 5. The Kier molecular flexibility index (Phi) is 5.82. The number of halogens is 2. The standard InChI is InChI=1S/C19H13Cl2N5O3/c1-10-6-13(14(8-22)11-2-4-12(20)5-3-11)15(21)7-16(10)25-18-17(26(28)29)19(27)24-9-23-18/h2-7,9,14H,1H3,(H2,23,24,25,27). The first kappa shape index (κ1) is 20.3. The van der Waals surface area contributed by atoms with Gasteiger partial charge in [0.05, 0.1) is 23.2 Å². The van der Waals surface area contributed by atoms with Crippen molar-refractivity contribution in [1.82, 2.24) is 9.97 Å². The number of aromatic nitrogens is 2. The van der Waals surface area contributed by atoms with Gasteiger partial charge in [-0.3, -0.25) is 14.9 Å². The molecule has 0 bridgehead atoms. The van der Waals surface area contributed by atoms with E-state index in [1.165, 1.54) is 0 Å². The molecule has 1 aromatic heterocycles. The summed E-state index contributed by atoms with van der Waals surface area (Å²) in [4.78, 5) is 28.1. The number of aryl methyl sites for hydroxylation is 1. The van der Waals surface area contributed by atoms with Crippen molar-refractivity contribution in [2.45, 2.75) is 12.8 Å². The van der Waals surface area contributed by atoms with Gasteiger partial charge in [-0.05, 0) is 41.8 Å². The Labute approximate surface area is 174 Å². The lowest BCUT2D eigenvalue weighted by molar-refractivity contribution is -0.385. The van der Waals surface area contributed by atoms with Crippen molar-refractivity contribution in [1.29, 1.82) is 5.26 Å². The molecule has 10 heteroatoms. The van der Waals surface area contributed by atoms with Crippen molar-refractivity contribution >= 4 is 40.4 Å². The highest BCUT2D eigenvalue weighted by molar-refractivity contribution is 6.32. The Bertz CT molecular complexity index is 1190. The number of nitrogens with zero attached hydrogens (tertiary/aromatic N) is 3. The molecule has 0 amide bonds. The maximum Gasteiger partial charge on any atom is 0.376 e. The Hall–Kier alpha value is -3.41. The molecule has 0 radical (unpaired) electrons. The lowest BCUT2D eigenvalue weighted by Crippen LogP contribution is -2.15. The van der Waals surface area contributed by atoms with E-state index in [0.717, 1.165) is 11.9 Å². The maximum absolute atomic E-state index is 11.7. The molecule has 0 aliphatic carbocycles. The van der Waals surface area contributed by atoms with E-state index in [4.69, 9.17) is 23.2 Å². The van der Waals surface area contributed by atoms with E-state index in [1.807, 2.05) is 0 Å². The minimum Gasteiger partial charge on any atom is -0.334 e. The number of hydrogen-bond donors (Lipinski definition) is 2. The van der Waals surface area contributed by atoms with Crippen molar-refractivity contribution in [2.75, 3.05) is 5.32 Å². The van der Waals surface area contributed by atoms with Gasteiger partial charge in [0, 0.05) is 15.7 Å². The van der Waals surface area contributed by atoms with Crippen molar-refractivity contribution in [3.05, 3.63) is 89.9 Å². The summed E-state index contributed by atoms with van der Waals surface area (Å²) in [6.45, 7) is 1.75. The van der Waals surface area contributed by atoms with Gasteiger partial charge < -0.3 is 10.3 Å². The van der Waals surface area contributed by atoms with E-state index in [0.29, 0.717) is 21.8 Å². The number of benzene rings is 2. The Morgan fingerprint density at radius 1 is 1.28 bits per heavy atom. The Balaban J connectivity index is 2.02. The first-order chi connectivity index (χ1) is 13.8. The van der Waals surface area contributed by atoms with Crippen molar-refractivity contribution in [2.24, 2.45) is 0 Å². The summed E-state index contributed by atoms with van der Waals surface area (Å²) in [5.41, 5.74) is 0.810. The van der Waals surface area contributed by atoms with Crippen molar-refractivity contribution in [3.63, 3.8) is 0 Å². The fourth-order valence-electron chi connectivity index (χ4n) is 2.82. The monoisotopic (exact) mass is 429 g/mol. The first-order valence-electron chi connectivity index (χ1n) is 8.26. The van der Waals surface area contributed by atoms with Gasteiger partial charge in [0.2, 0.25) is 5.82 Å². The number of anilines is 2. The average Bonchev–Trinajstić information content (AvgIpc) is 2.67. The van der Waals surface area contributed by atoms with Gasteiger partial charge in [-0.25, -0.2) is 4.98 Å². The number of nitrogens with one attached hydrogen (secondary N) is 2. The van der Waals surface area contributed by atoms with Gasteiger partial charge in [-0.15, -0.1) is 0 Å². The molecular weight excluding hydrogens is 417 g/mol. The van der Waals surface area contributed by atoms with Crippen LogP contribution in [-0.2, 0) is 0 Å². The lowest BCUT2D eigenvalue weighted by Gasteiger charge is -2.16. The van der Waals surface area contributed by atoms with Crippen LogP contribution < -0.4 is 10.9 Å². The second kappa shape index (κ2) is 8.31. The summed E-state index contributed by atoms with van der Waals surface area (Å²) >= 11 is 12.3. The molecule has 0 fully saturated rings.